The van der Waals surface area contributed by atoms with Crippen LogP contribution in [0.15, 0.2) is 35.3 Å². The fourth-order valence-corrected chi connectivity index (χ4v) is 2.46. The molecule has 0 aliphatic heterocycles. The number of aliphatic imine (C=N–C) groups is 1. The minimum Gasteiger partial charge on any atom is -0.469 e. The third kappa shape index (κ3) is 4.19. The lowest BCUT2D eigenvalue weighted by Crippen LogP contribution is -2.11. The maximum atomic E-state index is 11.5. The van der Waals surface area contributed by atoms with Crippen LogP contribution < -0.4 is 0 Å². The average Bonchev–Trinajstić information content (AvgIpc) is 2.48. The van der Waals surface area contributed by atoms with Gasteiger partial charge in [-0.3, -0.25) is 9.79 Å². The van der Waals surface area contributed by atoms with Crippen LogP contribution in [0.2, 0.25) is 0 Å². The van der Waals surface area contributed by atoms with Gasteiger partial charge in [0.25, 0.3) is 0 Å². The summed E-state index contributed by atoms with van der Waals surface area (Å²) < 4.78 is 4.78. The number of esters is 1. The minimum absolute atomic E-state index is 0.0956. The summed E-state index contributed by atoms with van der Waals surface area (Å²) >= 11 is 0. The van der Waals surface area contributed by atoms with Crippen molar-refractivity contribution in [3.05, 3.63) is 35.9 Å². The molecule has 0 bridgehead atoms. The molecule has 1 aliphatic carbocycles. The van der Waals surface area contributed by atoms with Gasteiger partial charge in [0.05, 0.1) is 19.6 Å². The normalized spacial score (nSPS) is 16.8. The number of carbonyl (C=O) groups excluding carboxylic acids is 1. The van der Waals surface area contributed by atoms with Gasteiger partial charge >= 0.3 is 5.97 Å². The second-order valence-electron chi connectivity index (χ2n) is 4.96. The zero-order valence-corrected chi connectivity index (χ0v) is 11.5. The van der Waals surface area contributed by atoms with Gasteiger partial charge in [0.15, 0.2) is 0 Å². The lowest BCUT2D eigenvalue weighted by Gasteiger charge is -2.17. The molecule has 3 nitrogen and oxygen atoms in total. The molecule has 0 spiro atoms. The third-order valence-corrected chi connectivity index (χ3v) is 3.54. The van der Waals surface area contributed by atoms with E-state index in [-0.39, 0.29) is 12.0 Å². The second-order valence-corrected chi connectivity index (χ2v) is 4.96. The van der Waals surface area contributed by atoms with Gasteiger partial charge < -0.3 is 4.74 Å². The molecule has 1 aromatic rings. The Morgan fingerprint density at radius 2 is 1.89 bits per heavy atom. The number of hydrogen-bond donors (Lipinski definition) is 0. The molecule has 102 valence electrons. The molecule has 19 heavy (non-hydrogen) atoms. The van der Waals surface area contributed by atoms with Crippen molar-refractivity contribution in [3.63, 3.8) is 0 Å². The third-order valence-electron chi connectivity index (χ3n) is 3.54. The zero-order chi connectivity index (χ0) is 13.5. The first kappa shape index (κ1) is 13.8. The van der Waals surface area contributed by atoms with E-state index in [9.17, 15) is 4.79 Å². The van der Waals surface area contributed by atoms with E-state index in [1.165, 1.54) is 32.1 Å². The van der Waals surface area contributed by atoms with E-state index in [2.05, 4.69) is 0 Å². The molecular weight excluding hydrogens is 238 g/mol. The summed E-state index contributed by atoms with van der Waals surface area (Å²) in [6.07, 6.45) is 6.21. The summed E-state index contributed by atoms with van der Waals surface area (Å²) in [6, 6.07) is 9.91. The molecular formula is C16H21NO2. The van der Waals surface area contributed by atoms with Crippen molar-refractivity contribution in [2.75, 3.05) is 7.11 Å². The number of hydrogen-bond acceptors (Lipinski definition) is 3. The molecule has 0 saturated heterocycles. The Kier molecular flexibility index (Phi) is 5.13. The topological polar surface area (TPSA) is 38.7 Å². The number of rotatable bonds is 4. The maximum Gasteiger partial charge on any atom is 0.308 e. The number of carbonyl (C=O) groups is 1. The van der Waals surface area contributed by atoms with Crippen molar-refractivity contribution in [1.29, 1.82) is 0 Å². The SMILES string of the molecule is COC(=O)CC(N=C1CCCCC1)c1ccccc1. The molecule has 3 heteroatoms. The van der Waals surface area contributed by atoms with Crippen molar-refractivity contribution >= 4 is 11.7 Å². The second kappa shape index (κ2) is 7.07. The Morgan fingerprint density at radius 1 is 1.21 bits per heavy atom. The fourth-order valence-electron chi connectivity index (χ4n) is 2.46. The van der Waals surface area contributed by atoms with Crippen LogP contribution in [-0.4, -0.2) is 18.8 Å². The number of ether oxygens (including phenoxy) is 1. The van der Waals surface area contributed by atoms with E-state index in [0.29, 0.717) is 6.42 Å². The highest BCUT2D eigenvalue weighted by atomic mass is 16.5. The Labute approximate surface area is 114 Å². The number of methoxy groups -OCH3 is 1. The molecule has 1 unspecified atom stereocenters. The fraction of sp³-hybridized carbons (Fsp3) is 0.500. The predicted octanol–water partition coefficient (Wildman–Crippen LogP) is 3.70. The summed E-state index contributed by atoms with van der Waals surface area (Å²) in [7, 11) is 1.43. The van der Waals surface area contributed by atoms with Gasteiger partial charge in [0.2, 0.25) is 0 Å². The molecule has 1 aromatic carbocycles. The van der Waals surface area contributed by atoms with Gasteiger partial charge in [-0.05, 0) is 31.2 Å². The van der Waals surface area contributed by atoms with Gasteiger partial charge in [-0.1, -0.05) is 36.8 Å². The Bertz CT molecular complexity index is 431. The lowest BCUT2D eigenvalue weighted by molar-refractivity contribution is -0.141. The monoisotopic (exact) mass is 259 g/mol. The van der Waals surface area contributed by atoms with E-state index < -0.39 is 0 Å². The summed E-state index contributed by atoms with van der Waals surface area (Å²) in [6.45, 7) is 0. The van der Waals surface area contributed by atoms with Crippen LogP contribution in [-0.2, 0) is 9.53 Å². The maximum absolute atomic E-state index is 11.5. The molecule has 1 aliphatic rings. The predicted molar refractivity (Wildman–Crippen MR) is 76.3 cm³/mol. The highest BCUT2D eigenvalue weighted by molar-refractivity contribution is 5.85. The van der Waals surface area contributed by atoms with E-state index in [1.807, 2.05) is 30.3 Å². The number of nitrogens with zero attached hydrogens (tertiary/aromatic N) is 1. The Balaban J connectivity index is 2.16. The van der Waals surface area contributed by atoms with Crippen LogP contribution in [0.3, 0.4) is 0 Å². The summed E-state index contributed by atoms with van der Waals surface area (Å²) in [4.78, 5) is 16.4. The van der Waals surface area contributed by atoms with Crippen molar-refractivity contribution in [2.24, 2.45) is 4.99 Å². The average molecular weight is 259 g/mol. The van der Waals surface area contributed by atoms with Crippen molar-refractivity contribution < 1.29 is 9.53 Å². The summed E-state index contributed by atoms with van der Waals surface area (Å²) in [5.74, 6) is -0.200. The molecule has 0 N–H and O–H groups in total. The van der Waals surface area contributed by atoms with Crippen LogP contribution in [0.5, 0.6) is 0 Å². The van der Waals surface area contributed by atoms with Crippen LogP contribution in [0.4, 0.5) is 0 Å². The largest absolute Gasteiger partial charge is 0.469 e. The highest BCUT2D eigenvalue weighted by Crippen LogP contribution is 2.25. The van der Waals surface area contributed by atoms with Crippen LogP contribution in [0.25, 0.3) is 0 Å². The van der Waals surface area contributed by atoms with Gasteiger partial charge in [-0.15, -0.1) is 0 Å². The van der Waals surface area contributed by atoms with Gasteiger partial charge in [-0.25, -0.2) is 0 Å². The molecule has 0 aromatic heterocycles. The molecule has 0 radical (unpaired) electrons. The van der Waals surface area contributed by atoms with Gasteiger partial charge in [0.1, 0.15) is 0 Å². The molecule has 1 fully saturated rings. The van der Waals surface area contributed by atoms with Crippen molar-refractivity contribution in [3.8, 4) is 0 Å². The smallest absolute Gasteiger partial charge is 0.308 e. The number of benzene rings is 1. The molecule has 1 saturated carbocycles. The molecule has 2 rings (SSSR count). The standard InChI is InChI=1S/C16H21NO2/c1-19-16(18)12-15(13-8-4-2-5-9-13)17-14-10-6-3-7-11-14/h2,4-5,8-9,15H,3,6-7,10-12H2,1H3. The quantitative estimate of drug-likeness (QED) is 0.773. The van der Waals surface area contributed by atoms with E-state index in [4.69, 9.17) is 9.73 Å². The lowest BCUT2D eigenvalue weighted by atomic mass is 9.97. The van der Waals surface area contributed by atoms with E-state index >= 15 is 0 Å². The first-order chi connectivity index (χ1) is 9.29. The van der Waals surface area contributed by atoms with E-state index in [0.717, 1.165) is 18.4 Å². The minimum atomic E-state index is -0.200. The van der Waals surface area contributed by atoms with Crippen LogP contribution in [0.1, 0.15) is 50.1 Å². The van der Waals surface area contributed by atoms with Crippen LogP contribution >= 0.6 is 0 Å². The zero-order valence-electron chi connectivity index (χ0n) is 11.5. The van der Waals surface area contributed by atoms with E-state index in [1.54, 1.807) is 0 Å². The van der Waals surface area contributed by atoms with Gasteiger partial charge in [-0.2, -0.15) is 0 Å². The Hall–Kier alpha value is -1.64. The molecule has 1 atom stereocenters. The summed E-state index contributed by atoms with van der Waals surface area (Å²) in [5.41, 5.74) is 2.34. The first-order valence-electron chi connectivity index (χ1n) is 6.97. The highest BCUT2D eigenvalue weighted by Gasteiger charge is 2.17. The Morgan fingerprint density at radius 3 is 2.53 bits per heavy atom. The molecule has 0 heterocycles. The summed E-state index contributed by atoms with van der Waals surface area (Å²) in [5, 5.41) is 0. The van der Waals surface area contributed by atoms with Crippen molar-refractivity contribution in [2.45, 2.75) is 44.6 Å². The van der Waals surface area contributed by atoms with Crippen molar-refractivity contribution in [1.82, 2.24) is 0 Å². The first-order valence-corrected chi connectivity index (χ1v) is 6.97. The van der Waals surface area contributed by atoms with Gasteiger partial charge in [0, 0.05) is 5.71 Å². The molecule has 0 amide bonds. The van der Waals surface area contributed by atoms with Crippen LogP contribution in [0, 0.1) is 0 Å².